The summed E-state index contributed by atoms with van der Waals surface area (Å²) in [5.74, 6) is 0. The van der Waals surface area contributed by atoms with Gasteiger partial charge in [-0.3, -0.25) is 0 Å². The third-order valence-corrected chi connectivity index (χ3v) is 14.1. The van der Waals surface area contributed by atoms with Crippen molar-refractivity contribution in [3.05, 3.63) is 231 Å². The predicted octanol–water partition coefficient (Wildman–Crippen LogP) is 18.2. The molecule has 0 heteroatoms. The Balaban J connectivity index is 1.13. The van der Waals surface area contributed by atoms with Gasteiger partial charge in [0.25, 0.3) is 0 Å². The minimum absolute atomic E-state index is 1.25. The summed E-state index contributed by atoms with van der Waals surface area (Å²) in [5.41, 5.74) is 7.64. The molecule has 0 aliphatic rings. The van der Waals surface area contributed by atoms with Gasteiger partial charge in [-0.2, -0.15) is 0 Å². The second kappa shape index (κ2) is 13.6. The van der Waals surface area contributed by atoms with Crippen molar-refractivity contribution in [2.45, 2.75) is 0 Å². The van der Waals surface area contributed by atoms with E-state index in [-0.39, 0.29) is 0 Å². The van der Waals surface area contributed by atoms with Crippen molar-refractivity contribution in [1.82, 2.24) is 0 Å². The number of benzene rings is 14. The molecule has 0 saturated heterocycles. The largest absolute Gasteiger partial charge is 0.0616 e. The third kappa shape index (κ3) is 5.05. The van der Waals surface area contributed by atoms with Gasteiger partial charge < -0.3 is 0 Å². The molecule has 294 valence electrons. The smallest absolute Gasteiger partial charge is 0.00139 e. The summed E-state index contributed by atoms with van der Waals surface area (Å²) < 4.78 is 0. The van der Waals surface area contributed by atoms with Gasteiger partial charge in [0, 0.05) is 0 Å². The average Bonchev–Trinajstić information content (AvgIpc) is 3.36. The fourth-order valence-electron chi connectivity index (χ4n) is 11.4. The Morgan fingerprint density at radius 3 is 0.656 bits per heavy atom. The monoisotopic (exact) mass is 806 g/mol. The van der Waals surface area contributed by atoms with E-state index in [4.69, 9.17) is 0 Å². The van der Waals surface area contributed by atoms with Crippen LogP contribution >= 0.6 is 0 Å². The van der Waals surface area contributed by atoms with Crippen molar-refractivity contribution in [3.8, 4) is 33.4 Å². The number of rotatable bonds is 3. The molecule has 0 radical (unpaired) electrons. The number of hydrogen-bond acceptors (Lipinski definition) is 0. The van der Waals surface area contributed by atoms with Crippen LogP contribution in [0.4, 0.5) is 0 Å². The van der Waals surface area contributed by atoms with E-state index in [1.807, 2.05) is 0 Å². The first kappa shape index (κ1) is 35.3. The molecule has 14 aromatic carbocycles. The molecule has 0 heterocycles. The minimum Gasteiger partial charge on any atom is -0.0616 e. The lowest BCUT2D eigenvalue weighted by molar-refractivity contribution is 1.70. The van der Waals surface area contributed by atoms with Crippen molar-refractivity contribution >= 4 is 108 Å². The molecule has 64 heavy (non-hydrogen) atoms. The normalized spacial score (nSPS) is 12.1. The second-order valence-electron chi connectivity index (χ2n) is 17.5. The Labute approximate surface area is 369 Å². The molecule has 0 atom stereocenters. The molecule has 0 saturated carbocycles. The highest BCUT2D eigenvalue weighted by molar-refractivity contribution is 6.33. The maximum Gasteiger partial charge on any atom is -0.00139 e. The maximum absolute atomic E-state index is 2.44. The van der Waals surface area contributed by atoms with Gasteiger partial charge >= 0.3 is 0 Å². The van der Waals surface area contributed by atoms with Gasteiger partial charge in [-0.25, -0.2) is 0 Å². The van der Waals surface area contributed by atoms with Crippen molar-refractivity contribution in [3.63, 3.8) is 0 Å². The van der Waals surface area contributed by atoms with Crippen LogP contribution in [0, 0.1) is 0 Å². The fraction of sp³-hybridized carbons (Fsp3) is 0. The first-order valence-corrected chi connectivity index (χ1v) is 22.3. The van der Waals surface area contributed by atoms with Crippen molar-refractivity contribution < 1.29 is 0 Å². The van der Waals surface area contributed by atoms with Gasteiger partial charge in [-0.05, 0) is 178 Å². The zero-order chi connectivity index (χ0) is 41.9. The molecule has 0 spiro atoms. The fourth-order valence-corrected chi connectivity index (χ4v) is 11.4. The Morgan fingerprint density at radius 1 is 0.141 bits per heavy atom. The van der Waals surface area contributed by atoms with Crippen LogP contribution < -0.4 is 0 Å². The van der Waals surface area contributed by atoms with Crippen molar-refractivity contribution in [1.29, 1.82) is 0 Å². The minimum atomic E-state index is 1.25. The molecule has 0 fully saturated rings. The summed E-state index contributed by atoms with van der Waals surface area (Å²) in [5, 5.41) is 25.2. The van der Waals surface area contributed by atoms with Crippen LogP contribution in [0.5, 0.6) is 0 Å². The lowest BCUT2D eigenvalue weighted by Gasteiger charge is -2.23. The average molecular weight is 807 g/mol. The van der Waals surface area contributed by atoms with E-state index >= 15 is 0 Å². The lowest BCUT2D eigenvalue weighted by atomic mass is 9.79. The van der Waals surface area contributed by atoms with Crippen LogP contribution in [0.1, 0.15) is 0 Å². The molecule has 14 rings (SSSR count). The van der Waals surface area contributed by atoms with Gasteiger partial charge in [0.15, 0.2) is 0 Å². The van der Waals surface area contributed by atoms with E-state index < -0.39 is 0 Å². The zero-order valence-electron chi connectivity index (χ0n) is 34.9. The molecule has 0 aromatic heterocycles. The van der Waals surface area contributed by atoms with Crippen LogP contribution in [0.2, 0.25) is 0 Å². The highest BCUT2D eigenvalue weighted by atomic mass is 14.3. The summed E-state index contributed by atoms with van der Waals surface area (Å²) >= 11 is 0. The molecular weight excluding hydrogens is 769 g/mol. The third-order valence-electron chi connectivity index (χ3n) is 14.1. The number of hydrogen-bond donors (Lipinski definition) is 0. The molecule has 0 N–H and O–H groups in total. The van der Waals surface area contributed by atoms with E-state index in [9.17, 15) is 0 Å². The topological polar surface area (TPSA) is 0 Å². The highest BCUT2D eigenvalue weighted by Crippen LogP contribution is 2.52. The summed E-state index contributed by atoms with van der Waals surface area (Å²) in [7, 11) is 0. The molecule has 0 amide bonds. The second-order valence-corrected chi connectivity index (χ2v) is 17.5. The van der Waals surface area contributed by atoms with E-state index in [0.717, 1.165) is 0 Å². The number of fused-ring (bicyclic) bond motifs is 12. The first-order chi connectivity index (χ1) is 31.8. The Morgan fingerprint density at radius 2 is 0.359 bits per heavy atom. The van der Waals surface area contributed by atoms with Crippen LogP contribution in [0.15, 0.2) is 231 Å². The summed E-state index contributed by atoms with van der Waals surface area (Å²) in [6.45, 7) is 0. The molecule has 0 aliphatic carbocycles. The van der Waals surface area contributed by atoms with Gasteiger partial charge in [0.2, 0.25) is 0 Å². The van der Waals surface area contributed by atoms with Crippen LogP contribution in [0.3, 0.4) is 0 Å². The van der Waals surface area contributed by atoms with Crippen LogP contribution in [0.25, 0.3) is 141 Å². The Kier molecular flexibility index (Phi) is 7.49. The maximum atomic E-state index is 2.44. The zero-order valence-corrected chi connectivity index (χ0v) is 34.9. The standard InChI is InChI=1S/C64H38/c1-3-19-41-35-57-55(33-39(41)17-1)45-23-7-5-21-43(45)37-59(57)61-47-25-9-13-29-51(47)63(52-30-14-10-26-48(52)61)64-53-31-15-11-27-49(53)62(50-28-12-16-32-54(50)64)60-38-44-22-6-8-24-46(44)56-34-40-18-2-4-20-42(40)36-58(56)60/h1-38H. The van der Waals surface area contributed by atoms with Gasteiger partial charge in [-0.15, -0.1) is 0 Å². The highest BCUT2D eigenvalue weighted by Gasteiger charge is 2.24. The van der Waals surface area contributed by atoms with Crippen molar-refractivity contribution in [2.24, 2.45) is 0 Å². The summed E-state index contributed by atoms with van der Waals surface area (Å²) in [6.07, 6.45) is 0. The molecule has 0 unspecified atom stereocenters. The van der Waals surface area contributed by atoms with Crippen LogP contribution in [-0.4, -0.2) is 0 Å². The lowest BCUT2D eigenvalue weighted by Crippen LogP contribution is -1.95. The predicted molar refractivity (Wildman–Crippen MR) is 278 cm³/mol. The van der Waals surface area contributed by atoms with E-state index in [1.54, 1.807) is 0 Å². The Hall–Kier alpha value is -8.32. The van der Waals surface area contributed by atoms with Gasteiger partial charge in [0.1, 0.15) is 0 Å². The van der Waals surface area contributed by atoms with E-state index in [0.29, 0.717) is 0 Å². The molecule has 0 bridgehead atoms. The summed E-state index contributed by atoms with van der Waals surface area (Å²) in [4.78, 5) is 0. The van der Waals surface area contributed by atoms with Crippen molar-refractivity contribution in [2.75, 3.05) is 0 Å². The SMILES string of the molecule is c1ccc2cc3c(cc2c1)c(-c1c2ccccc2c(-c2c4ccccc4c(-c4cc5ccccc5c5cc6ccccc6cc45)c4ccccc24)c2ccccc12)cc1ccccc13. The van der Waals surface area contributed by atoms with Gasteiger partial charge in [0.05, 0.1) is 0 Å². The molecule has 0 aliphatic heterocycles. The molecule has 14 aromatic rings. The summed E-state index contributed by atoms with van der Waals surface area (Å²) in [6, 6.07) is 86.5. The van der Waals surface area contributed by atoms with Crippen LogP contribution in [-0.2, 0) is 0 Å². The molecule has 0 nitrogen and oxygen atoms in total. The molecular formula is C64H38. The Bertz CT molecular complexity index is 3910. The van der Waals surface area contributed by atoms with E-state index in [1.165, 1.54) is 141 Å². The first-order valence-electron chi connectivity index (χ1n) is 22.3. The van der Waals surface area contributed by atoms with E-state index in [2.05, 4.69) is 231 Å². The quantitative estimate of drug-likeness (QED) is 0.123. The van der Waals surface area contributed by atoms with Gasteiger partial charge in [-0.1, -0.05) is 194 Å².